The first kappa shape index (κ1) is 20.4. The van der Waals surface area contributed by atoms with E-state index in [0.29, 0.717) is 12.1 Å². The van der Waals surface area contributed by atoms with Crippen molar-refractivity contribution in [1.29, 1.82) is 0 Å². The summed E-state index contributed by atoms with van der Waals surface area (Å²) in [4.78, 5) is 28.0. The average molecular weight is 468 g/mol. The van der Waals surface area contributed by atoms with Gasteiger partial charge in [0.25, 0.3) is 5.91 Å². The van der Waals surface area contributed by atoms with Crippen LogP contribution in [0.4, 0.5) is 0 Å². The Bertz CT molecular complexity index is 1180. The summed E-state index contributed by atoms with van der Waals surface area (Å²) in [5.74, 6) is -1.38. The third-order valence-corrected chi connectivity index (χ3v) is 5.98. The number of hydrogen-bond acceptors (Lipinski definition) is 4. The topological polar surface area (TPSA) is 70.8 Å². The Balaban J connectivity index is 1.82. The molecule has 0 saturated carbocycles. The molecule has 2 heterocycles. The Labute approximate surface area is 183 Å². The zero-order chi connectivity index (χ0) is 21.4. The standard InChI is InChI=1S/C24H22BrNO4/c1-3-4-11-26-21(17-8-6-5-7-14(17)2)20(23(28)24(26)29)22(27)19-13-15-12-16(25)9-10-18(15)30-19/h5-10,12-13,21,28H,3-4,11H2,1-2H3. The predicted octanol–water partition coefficient (Wildman–Crippen LogP) is 5.88. The molecule has 0 fully saturated rings. The molecule has 1 aliphatic heterocycles. The lowest BCUT2D eigenvalue weighted by molar-refractivity contribution is -0.129. The normalized spacial score (nSPS) is 16.7. The van der Waals surface area contributed by atoms with Gasteiger partial charge in [0.2, 0.25) is 5.78 Å². The molecule has 1 atom stereocenters. The number of unbranched alkanes of at least 4 members (excludes halogenated alkanes) is 1. The Hall–Kier alpha value is -2.86. The molecule has 1 amide bonds. The van der Waals surface area contributed by atoms with E-state index < -0.39 is 23.5 Å². The van der Waals surface area contributed by atoms with Gasteiger partial charge in [-0.2, -0.15) is 0 Å². The van der Waals surface area contributed by atoms with Crippen molar-refractivity contribution in [3.05, 3.63) is 81.2 Å². The maximum absolute atomic E-state index is 13.5. The molecule has 0 radical (unpaired) electrons. The predicted molar refractivity (Wildman–Crippen MR) is 118 cm³/mol. The summed E-state index contributed by atoms with van der Waals surface area (Å²) >= 11 is 3.42. The van der Waals surface area contributed by atoms with E-state index in [9.17, 15) is 14.7 Å². The van der Waals surface area contributed by atoms with E-state index in [4.69, 9.17) is 4.42 Å². The van der Waals surface area contributed by atoms with Gasteiger partial charge in [-0.05, 0) is 48.7 Å². The Morgan fingerprint density at radius 1 is 1.20 bits per heavy atom. The van der Waals surface area contributed by atoms with Gasteiger partial charge in [-0.25, -0.2) is 0 Å². The lowest BCUT2D eigenvalue weighted by Gasteiger charge is -2.27. The summed E-state index contributed by atoms with van der Waals surface area (Å²) in [6.07, 6.45) is 1.67. The molecule has 2 aromatic carbocycles. The van der Waals surface area contributed by atoms with Crippen molar-refractivity contribution in [2.24, 2.45) is 0 Å². The summed E-state index contributed by atoms with van der Waals surface area (Å²) in [5.41, 5.74) is 2.42. The Morgan fingerprint density at radius 2 is 1.97 bits per heavy atom. The van der Waals surface area contributed by atoms with Crippen LogP contribution in [0.15, 0.2) is 68.8 Å². The zero-order valence-corrected chi connectivity index (χ0v) is 18.4. The van der Waals surface area contributed by atoms with Gasteiger partial charge < -0.3 is 14.4 Å². The molecule has 30 heavy (non-hydrogen) atoms. The fraction of sp³-hybridized carbons (Fsp3) is 0.250. The summed E-state index contributed by atoms with van der Waals surface area (Å²) in [6, 6.07) is 14.1. The monoisotopic (exact) mass is 467 g/mol. The molecule has 4 rings (SSSR count). The number of carbonyl (C=O) groups is 2. The molecule has 0 aliphatic carbocycles. The molecule has 6 heteroatoms. The molecule has 1 N–H and O–H groups in total. The lowest BCUT2D eigenvalue weighted by atomic mass is 9.92. The number of amides is 1. The molecule has 0 spiro atoms. The molecule has 1 aliphatic rings. The first-order valence-electron chi connectivity index (χ1n) is 9.95. The molecule has 0 saturated heterocycles. The van der Waals surface area contributed by atoms with E-state index in [-0.39, 0.29) is 11.3 Å². The quantitative estimate of drug-likeness (QED) is 0.459. The van der Waals surface area contributed by atoms with Crippen LogP contribution >= 0.6 is 15.9 Å². The van der Waals surface area contributed by atoms with Crippen molar-refractivity contribution >= 4 is 38.6 Å². The smallest absolute Gasteiger partial charge is 0.290 e. The van der Waals surface area contributed by atoms with Gasteiger partial charge in [-0.1, -0.05) is 53.5 Å². The molecule has 1 unspecified atom stereocenters. The highest BCUT2D eigenvalue weighted by atomic mass is 79.9. The largest absolute Gasteiger partial charge is 0.503 e. The Morgan fingerprint density at radius 3 is 2.70 bits per heavy atom. The van der Waals surface area contributed by atoms with Gasteiger partial charge in [0.1, 0.15) is 5.58 Å². The molecule has 3 aromatic rings. The molecular formula is C24H22BrNO4. The number of hydrogen-bond donors (Lipinski definition) is 1. The van der Waals surface area contributed by atoms with Gasteiger partial charge in [0.15, 0.2) is 11.5 Å². The van der Waals surface area contributed by atoms with Crippen LogP contribution in [0.25, 0.3) is 11.0 Å². The highest BCUT2D eigenvalue weighted by Crippen LogP contribution is 2.40. The highest BCUT2D eigenvalue weighted by Gasteiger charge is 2.44. The second-order valence-electron chi connectivity index (χ2n) is 7.50. The summed E-state index contributed by atoms with van der Waals surface area (Å²) in [5, 5.41) is 11.5. The van der Waals surface area contributed by atoms with Gasteiger partial charge in [0, 0.05) is 16.4 Å². The number of aliphatic hydroxyl groups is 1. The second kappa shape index (κ2) is 8.11. The maximum Gasteiger partial charge on any atom is 0.290 e. The fourth-order valence-corrected chi connectivity index (χ4v) is 4.30. The van der Waals surface area contributed by atoms with E-state index in [2.05, 4.69) is 15.9 Å². The van der Waals surface area contributed by atoms with Gasteiger partial charge in [-0.15, -0.1) is 0 Å². The van der Waals surface area contributed by atoms with E-state index in [1.165, 1.54) is 0 Å². The minimum atomic E-state index is -0.641. The van der Waals surface area contributed by atoms with Crippen molar-refractivity contribution in [2.75, 3.05) is 6.54 Å². The highest BCUT2D eigenvalue weighted by molar-refractivity contribution is 9.10. The van der Waals surface area contributed by atoms with Crippen LogP contribution < -0.4 is 0 Å². The number of rotatable bonds is 6. The zero-order valence-electron chi connectivity index (χ0n) is 16.8. The second-order valence-corrected chi connectivity index (χ2v) is 8.41. The van der Waals surface area contributed by atoms with Crippen LogP contribution in [0.3, 0.4) is 0 Å². The number of ketones is 1. The number of aliphatic hydroxyl groups excluding tert-OH is 1. The van der Waals surface area contributed by atoms with Crippen LogP contribution in [0, 0.1) is 6.92 Å². The Kier molecular flexibility index (Phi) is 5.52. The van der Waals surface area contributed by atoms with Gasteiger partial charge >= 0.3 is 0 Å². The third-order valence-electron chi connectivity index (χ3n) is 5.49. The SMILES string of the molecule is CCCCN1C(=O)C(O)=C(C(=O)c2cc3cc(Br)ccc3o2)C1c1ccccc1C. The number of furan rings is 1. The fourth-order valence-electron chi connectivity index (χ4n) is 3.92. The van der Waals surface area contributed by atoms with E-state index in [0.717, 1.165) is 33.8 Å². The summed E-state index contributed by atoms with van der Waals surface area (Å²) < 4.78 is 6.64. The van der Waals surface area contributed by atoms with Gasteiger partial charge in [-0.3, -0.25) is 9.59 Å². The van der Waals surface area contributed by atoms with E-state index >= 15 is 0 Å². The first-order valence-corrected chi connectivity index (χ1v) is 10.7. The van der Waals surface area contributed by atoms with Crippen LogP contribution in [0.1, 0.15) is 47.5 Å². The van der Waals surface area contributed by atoms with Crippen LogP contribution in [-0.2, 0) is 4.79 Å². The molecule has 1 aromatic heterocycles. The van der Waals surface area contributed by atoms with E-state index in [1.54, 1.807) is 17.0 Å². The molecule has 0 bridgehead atoms. The molecule has 5 nitrogen and oxygen atoms in total. The lowest BCUT2D eigenvalue weighted by Crippen LogP contribution is -2.32. The number of nitrogens with zero attached hydrogens (tertiary/aromatic N) is 1. The maximum atomic E-state index is 13.5. The summed E-state index contributed by atoms with van der Waals surface area (Å²) in [6.45, 7) is 4.44. The van der Waals surface area contributed by atoms with Crippen molar-refractivity contribution in [1.82, 2.24) is 4.90 Å². The molecule has 154 valence electrons. The average Bonchev–Trinajstić information content (AvgIpc) is 3.25. The van der Waals surface area contributed by atoms with Gasteiger partial charge in [0.05, 0.1) is 11.6 Å². The number of aryl methyl sites for hydroxylation is 1. The number of benzene rings is 2. The van der Waals surface area contributed by atoms with Crippen LogP contribution in [0.5, 0.6) is 0 Å². The van der Waals surface area contributed by atoms with Crippen molar-refractivity contribution < 1.29 is 19.1 Å². The van der Waals surface area contributed by atoms with Crippen molar-refractivity contribution in [2.45, 2.75) is 32.7 Å². The minimum absolute atomic E-state index is 0.0727. The number of carbonyl (C=O) groups excluding carboxylic acids is 2. The summed E-state index contributed by atoms with van der Waals surface area (Å²) in [7, 11) is 0. The van der Waals surface area contributed by atoms with Crippen LogP contribution in [-0.4, -0.2) is 28.2 Å². The number of fused-ring (bicyclic) bond motifs is 1. The van der Waals surface area contributed by atoms with Crippen molar-refractivity contribution in [3.8, 4) is 0 Å². The number of Topliss-reactive ketones (excluding diaryl/α,β-unsaturated/α-hetero) is 1. The third kappa shape index (κ3) is 3.45. The first-order chi connectivity index (χ1) is 14.4. The number of halogens is 1. The van der Waals surface area contributed by atoms with Crippen LogP contribution in [0.2, 0.25) is 0 Å². The van der Waals surface area contributed by atoms with Crippen molar-refractivity contribution in [3.63, 3.8) is 0 Å². The van der Waals surface area contributed by atoms with E-state index in [1.807, 2.05) is 50.2 Å². The molecular weight excluding hydrogens is 446 g/mol. The minimum Gasteiger partial charge on any atom is -0.503 e.